The minimum atomic E-state index is -0.149. The third kappa shape index (κ3) is 3.09. The molecule has 30 heavy (non-hydrogen) atoms. The maximum absolute atomic E-state index is 6.90. The first kappa shape index (κ1) is 19.7. The third-order valence-electron chi connectivity index (χ3n) is 9.25. The molecule has 2 saturated heterocycles. The quantitative estimate of drug-likeness (QED) is 0.623. The Kier molecular flexibility index (Phi) is 5.18. The average Bonchev–Trinajstić information content (AvgIpc) is 3.23. The Hall–Kier alpha value is -0.940. The Labute approximate surface area is 181 Å². The summed E-state index contributed by atoms with van der Waals surface area (Å²) in [5.41, 5.74) is 1.47. The molecule has 3 aliphatic carbocycles. The number of hydrogen-bond acceptors (Lipinski definition) is 4. The van der Waals surface area contributed by atoms with Gasteiger partial charge in [-0.05, 0) is 43.6 Å². The van der Waals surface area contributed by atoms with E-state index in [1.807, 2.05) is 5.23 Å². The molecule has 2 heterocycles. The average molecular weight is 412 g/mol. The lowest BCUT2D eigenvalue weighted by molar-refractivity contribution is -0.469. The first-order valence-electron chi connectivity index (χ1n) is 12.6. The molecule has 0 spiro atoms. The molecule has 0 aromatic heterocycles. The lowest BCUT2D eigenvalue weighted by Crippen LogP contribution is -2.58. The Balaban J connectivity index is 1.26. The Morgan fingerprint density at radius 3 is 2.57 bits per heavy atom. The molecular formula is C26H37NO3. The summed E-state index contributed by atoms with van der Waals surface area (Å²) in [7, 11) is 0. The highest BCUT2D eigenvalue weighted by Crippen LogP contribution is 2.61. The largest absolute Gasteiger partial charge is 0.347 e. The number of rotatable bonds is 4. The van der Waals surface area contributed by atoms with Gasteiger partial charge in [0.15, 0.2) is 6.29 Å². The number of nitrogens with zero attached hydrogens (tertiary/aromatic N) is 1. The van der Waals surface area contributed by atoms with Crippen molar-refractivity contribution in [3.63, 3.8) is 0 Å². The molecule has 0 unspecified atom stereocenters. The fourth-order valence-corrected chi connectivity index (χ4v) is 7.78. The molecule has 2 bridgehead atoms. The van der Waals surface area contributed by atoms with Crippen molar-refractivity contribution in [2.45, 2.75) is 95.0 Å². The molecule has 164 valence electrons. The predicted molar refractivity (Wildman–Crippen MR) is 115 cm³/mol. The van der Waals surface area contributed by atoms with Crippen LogP contribution in [-0.4, -0.2) is 29.8 Å². The number of hydrogen-bond donors (Lipinski definition) is 0. The van der Waals surface area contributed by atoms with E-state index >= 15 is 0 Å². The molecule has 6 rings (SSSR count). The van der Waals surface area contributed by atoms with Crippen LogP contribution in [0.4, 0.5) is 0 Å². The van der Waals surface area contributed by atoms with Crippen LogP contribution in [0.2, 0.25) is 0 Å². The van der Waals surface area contributed by atoms with E-state index < -0.39 is 0 Å². The molecule has 0 amide bonds. The van der Waals surface area contributed by atoms with E-state index in [2.05, 4.69) is 37.3 Å². The van der Waals surface area contributed by atoms with E-state index in [9.17, 15) is 0 Å². The second-order valence-corrected chi connectivity index (χ2v) is 10.7. The zero-order valence-corrected chi connectivity index (χ0v) is 18.4. The monoisotopic (exact) mass is 411 g/mol. The molecule has 4 nitrogen and oxygen atoms in total. The summed E-state index contributed by atoms with van der Waals surface area (Å²) in [5.74, 6) is 3.03. The van der Waals surface area contributed by atoms with Gasteiger partial charge in [0.25, 0.3) is 0 Å². The first-order valence-corrected chi connectivity index (χ1v) is 12.6. The van der Waals surface area contributed by atoms with Gasteiger partial charge in [0.1, 0.15) is 0 Å². The van der Waals surface area contributed by atoms with Gasteiger partial charge in [-0.25, -0.2) is 4.84 Å². The van der Waals surface area contributed by atoms with Gasteiger partial charge in [0.05, 0.1) is 18.2 Å². The standard InChI is InChI=1S/C26H37NO3/c1-26-20-16-22(24(26)19-12-6-3-7-13-19)25(30-27(26)28-17-20)29-23-15-9-8-14-21(23)18-10-4-2-5-11-18/h2,4-5,10-11,19-25H,3,6-9,12-17H2,1H3/t20-,21+,22-,23-,24-,25-,26+/m1/s1. The summed E-state index contributed by atoms with van der Waals surface area (Å²) in [6.45, 7) is 3.23. The number of ether oxygens (including phenoxy) is 1. The van der Waals surface area contributed by atoms with Gasteiger partial charge >= 0.3 is 0 Å². The molecule has 5 aliphatic rings. The van der Waals surface area contributed by atoms with Crippen molar-refractivity contribution in [3.8, 4) is 0 Å². The van der Waals surface area contributed by atoms with E-state index in [-0.39, 0.29) is 17.9 Å². The second kappa shape index (κ2) is 7.88. The first-order chi connectivity index (χ1) is 14.7. The minimum absolute atomic E-state index is 0.0396. The second-order valence-electron chi connectivity index (χ2n) is 10.7. The zero-order chi connectivity index (χ0) is 20.1. The van der Waals surface area contributed by atoms with Crippen molar-refractivity contribution >= 4 is 0 Å². The summed E-state index contributed by atoms with van der Waals surface area (Å²) >= 11 is 0. The maximum atomic E-state index is 6.90. The van der Waals surface area contributed by atoms with Crippen molar-refractivity contribution < 1.29 is 14.4 Å². The van der Waals surface area contributed by atoms with Gasteiger partial charge in [0, 0.05) is 17.8 Å². The van der Waals surface area contributed by atoms with Crippen LogP contribution in [0.5, 0.6) is 0 Å². The molecule has 5 fully saturated rings. The van der Waals surface area contributed by atoms with Crippen LogP contribution in [0, 0.1) is 23.7 Å². The molecule has 1 aromatic carbocycles. The van der Waals surface area contributed by atoms with Crippen LogP contribution in [0.15, 0.2) is 30.3 Å². The summed E-state index contributed by atoms with van der Waals surface area (Å²) in [6.07, 6.45) is 13.2. The molecule has 0 N–H and O–H groups in total. The van der Waals surface area contributed by atoms with Gasteiger partial charge < -0.3 is 4.74 Å². The fraction of sp³-hybridized carbons (Fsp3) is 0.769. The van der Waals surface area contributed by atoms with Crippen molar-refractivity contribution in [2.24, 2.45) is 23.7 Å². The van der Waals surface area contributed by atoms with Gasteiger partial charge in [-0.2, -0.15) is 0 Å². The Bertz CT molecular complexity index is 735. The van der Waals surface area contributed by atoms with Crippen molar-refractivity contribution in [1.29, 1.82) is 0 Å². The predicted octanol–water partition coefficient (Wildman–Crippen LogP) is 5.84. The zero-order valence-electron chi connectivity index (χ0n) is 18.4. The SMILES string of the molecule is C[C@@]12[C@H]3CON1O[C@@H](O[C@@H]1CCCC[C@H]1c1ccccc1)[C@H](C3)[C@H]2C1CCCCC1. The highest BCUT2D eigenvalue weighted by atomic mass is 17.0. The van der Waals surface area contributed by atoms with E-state index in [0.717, 1.165) is 18.9 Å². The van der Waals surface area contributed by atoms with E-state index in [0.29, 0.717) is 23.7 Å². The van der Waals surface area contributed by atoms with Gasteiger partial charge in [-0.3, -0.25) is 4.84 Å². The molecule has 7 atom stereocenters. The summed E-state index contributed by atoms with van der Waals surface area (Å²) in [6, 6.07) is 11.0. The Morgan fingerprint density at radius 1 is 0.967 bits per heavy atom. The molecule has 3 saturated carbocycles. The van der Waals surface area contributed by atoms with Gasteiger partial charge in [-0.1, -0.05) is 80.5 Å². The molecular weight excluding hydrogens is 374 g/mol. The van der Waals surface area contributed by atoms with Crippen molar-refractivity contribution in [3.05, 3.63) is 35.9 Å². The fourth-order valence-electron chi connectivity index (χ4n) is 7.78. The highest BCUT2D eigenvalue weighted by molar-refractivity contribution is 5.21. The topological polar surface area (TPSA) is 30.9 Å². The van der Waals surface area contributed by atoms with Crippen molar-refractivity contribution in [1.82, 2.24) is 5.23 Å². The molecule has 0 radical (unpaired) electrons. The van der Waals surface area contributed by atoms with Crippen LogP contribution in [0.25, 0.3) is 0 Å². The van der Waals surface area contributed by atoms with Crippen LogP contribution in [-0.2, 0) is 14.4 Å². The highest BCUT2D eigenvalue weighted by Gasteiger charge is 2.68. The lowest BCUT2D eigenvalue weighted by atomic mass is 9.68. The van der Waals surface area contributed by atoms with Gasteiger partial charge in [-0.15, -0.1) is 0 Å². The lowest BCUT2D eigenvalue weighted by Gasteiger charge is -2.50. The van der Waals surface area contributed by atoms with Crippen LogP contribution in [0.1, 0.15) is 82.6 Å². The Morgan fingerprint density at radius 2 is 1.73 bits per heavy atom. The van der Waals surface area contributed by atoms with Crippen LogP contribution in [0.3, 0.4) is 0 Å². The molecule has 1 aromatic rings. The van der Waals surface area contributed by atoms with Crippen molar-refractivity contribution in [2.75, 3.05) is 6.61 Å². The summed E-state index contributed by atoms with van der Waals surface area (Å²) < 4.78 is 6.90. The molecule has 2 aliphatic heterocycles. The van der Waals surface area contributed by atoms with Crippen LogP contribution >= 0.6 is 0 Å². The minimum Gasteiger partial charge on any atom is -0.347 e. The summed E-state index contributed by atoms with van der Waals surface area (Å²) in [4.78, 5) is 12.6. The summed E-state index contributed by atoms with van der Waals surface area (Å²) in [5, 5.41) is 1.91. The third-order valence-corrected chi connectivity index (χ3v) is 9.25. The van der Waals surface area contributed by atoms with Crippen LogP contribution < -0.4 is 0 Å². The molecule has 4 heteroatoms. The van der Waals surface area contributed by atoms with E-state index in [1.165, 1.54) is 63.4 Å². The van der Waals surface area contributed by atoms with Gasteiger partial charge in [0.2, 0.25) is 0 Å². The normalized spacial score (nSPS) is 44.4. The maximum Gasteiger partial charge on any atom is 0.183 e. The van der Waals surface area contributed by atoms with E-state index in [1.54, 1.807) is 0 Å². The van der Waals surface area contributed by atoms with E-state index in [4.69, 9.17) is 14.4 Å². The number of hydroxylamine groups is 2. The number of benzene rings is 1. The number of fused-ring (bicyclic) bond motifs is 1. The smallest absolute Gasteiger partial charge is 0.183 e.